The Kier molecular flexibility index (Phi) is 7.44. The average Bonchev–Trinajstić information content (AvgIpc) is 2.45. The molecule has 3 nitrogen and oxygen atoms in total. The molecule has 0 heterocycles. The van der Waals surface area contributed by atoms with E-state index < -0.39 is 11.9 Å². The van der Waals surface area contributed by atoms with E-state index in [1.54, 1.807) is 0 Å². The lowest BCUT2D eigenvalue weighted by molar-refractivity contribution is -0.142. The number of rotatable bonds is 9. The molecule has 0 aromatic heterocycles. The van der Waals surface area contributed by atoms with E-state index in [4.69, 9.17) is 10.8 Å². The minimum Gasteiger partial charge on any atom is -0.481 e. The maximum absolute atomic E-state index is 11.1. The molecule has 1 aromatic carbocycles. The van der Waals surface area contributed by atoms with E-state index in [9.17, 15) is 4.79 Å². The highest BCUT2D eigenvalue weighted by atomic mass is 16.4. The molecule has 0 saturated carbocycles. The summed E-state index contributed by atoms with van der Waals surface area (Å²) < 4.78 is 0. The number of hydrogen-bond acceptors (Lipinski definition) is 2. The molecule has 0 amide bonds. The Morgan fingerprint density at radius 1 is 1.33 bits per heavy atom. The third-order valence-corrected chi connectivity index (χ3v) is 4.39. The Balaban J connectivity index is 2.48. The van der Waals surface area contributed by atoms with Crippen molar-refractivity contribution in [3.8, 4) is 0 Å². The topological polar surface area (TPSA) is 63.3 Å². The van der Waals surface area contributed by atoms with Crippen molar-refractivity contribution in [2.24, 2.45) is 17.6 Å². The molecule has 0 bridgehead atoms. The summed E-state index contributed by atoms with van der Waals surface area (Å²) in [7, 11) is 0. The largest absolute Gasteiger partial charge is 0.481 e. The van der Waals surface area contributed by atoms with Gasteiger partial charge in [-0.25, -0.2) is 0 Å². The van der Waals surface area contributed by atoms with Crippen molar-refractivity contribution in [1.29, 1.82) is 0 Å². The van der Waals surface area contributed by atoms with Crippen molar-refractivity contribution < 1.29 is 9.90 Å². The Labute approximate surface area is 128 Å². The Morgan fingerprint density at radius 2 is 2.05 bits per heavy atom. The van der Waals surface area contributed by atoms with Gasteiger partial charge in [0.05, 0.1) is 5.92 Å². The zero-order valence-electron chi connectivity index (χ0n) is 13.6. The summed E-state index contributed by atoms with van der Waals surface area (Å²) in [6.45, 7) is 6.65. The standard InChI is InChI=1S/C18H29NO2/c1-4-15(11-17(12-19)18(20)21)6-5-7-16-10-13(2)8-9-14(16)3/h8-10,15,17H,4-7,11-12,19H2,1-3H3,(H,20,21). The molecule has 0 aliphatic rings. The van der Waals surface area contributed by atoms with Gasteiger partial charge in [0.2, 0.25) is 0 Å². The van der Waals surface area contributed by atoms with Crippen LogP contribution in [0.5, 0.6) is 0 Å². The van der Waals surface area contributed by atoms with E-state index >= 15 is 0 Å². The summed E-state index contributed by atoms with van der Waals surface area (Å²) >= 11 is 0. The summed E-state index contributed by atoms with van der Waals surface area (Å²) in [6.07, 6.45) is 4.99. The van der Waals surface area contributed by atoms with Crippen LogP contribution in [0, 0.1) is 25.7 Å². The van der Waals surface area contributed by atoms with Crippen LogP contribution in [0.4, 0.5) is 0 Å². The van der Waals surface area contributed by atoms with Crippen LogP contribution in [0.3, 0.4) is 0 Å². The van der Waals surface area contributed by atoms with Crippen LogP contribution < -0.4 is 5.73 Å². The second-order valence-corrected chi connectivity index (χ2v) is 6.10. The number of carbonyl (C=O) groups is 1. The summed E-state index contributed by atoms with van der Waals surface area (Å²) in [6, 6.07) is 6.58. The van der Waals surface area contributed by atoms with Gasteiger partial charge < -0.3 is 10.8 Å². The summed E-state index contributed by atoms with van der Waals surface area (Å²) in [5.74, 6) is -0.694. The molecule has 118 valence electrons. The fourth-order valence-corrected chi connectivity index (χ4v) is 2.84. The average molecular weight is 291 g/mol. The first-order valence-corrected chi connectivity index (χ1v) is 7.96. The predicted octanol–water partition coefficient (Wildman–Crippen LogP) is 3.70. The van der Waals surface area contributed by atoms with Crippen LogP contribution in [0.2, 0.25) is 0 Å². The van der Waals surface area contributed by atoms with Crippen molar-refractivity contribution >= 4 is 5.97 Å². The second-order valence-electron chi connectivity index (χ2n) is 6.10. The summed E-state index contributed by atoms with van der Waals surface area (Å²) in [4.78, 5) is 11.1. The lowest BCUT2D eigenvalue weighted by atomic mass is 9.87. The molecular weight excluding hydrogens is 262 g/mol. The highest BCUT2D eigenvalue weighted by Gasteiger charge is 2.20. The van der Waals surface area contributed by atoms with Gasteiger partial charge in [-0.3, -0.25) is 4.79 Å². The van der Waals surface area contributed by atoms with E-state index in [0.717, 1.165) is 25.7 Å². The van der Waals surface area contributed by atoms with Gasteiger partial charge in [-0.2, -0.15) is 0 Å². The third kappa shape index (κ3) is 5.88. The summed E-state index contributed by atoms with van der Waals surface area (Å²) in [5, 5.41) is 9.11. The fraction of sp³-hybridized carbons (Fsp3) is 0.611. The van der Waals surface area contributed by atoms with Gasteiger partial charge in [0.25, 0.3) is 0 Å². The Hall–Kier alpha value is -1.35. The lowest BCUT2D eigenvalue weighted by Crippen LogP contribution is -2.25. The fourth-order valence-electron chi connectivity index (χ4n) is 2.84. The van der Waals surface area contributed by atoms with E-state index in [1.807, 2.05) is 0 Å². The molecule has 1 aromatic rings. The van der Waals surface area contributed by atoms with Crippen molar-refractivity contribution in [3.05, 3.63) is 34.9 Å². The van der Waals surface area contributed by atoms with Gasteiger partial charge in [-0.15, -0.1) is 0 Å². The van der Waals surface area contributed by atoms with Crippen LogP contribution in [-0.4, -0.2) is 17.6 Å². The van der Waals surface area contributed by atoms with Crippen molar-refractivity contribution in [3.63, 3.8) is 0 Å². The number of carboxylic acid groups (broad SMARTS) is 1. The van der Waals surface area contributed by atoms with E-state index in [2.05, 4.69) is 39.0 Å². The van der Waals surface area contributed by atoms with Crippen LogP contribution in [0.15, 0.2) is 18.2 Å². The molecule has 1 rings (SSSR count). The first-order chi connectivity index (χ1) is 9.97. The van der Waals surface area contributed by atoms with Crippen molar-refractivity contribution in [1.82, 2.24) is 0 Å². The van der Waals surface area contributed by atoms with Gasteiger partial charge in [0, 0.05) is 6.54 Å². The third-order valence-electron chi connectivity index (χ3n) is 4.39. The van der Waals surface area contributed by atoms with Gasteiger partial charge in [-0.1, -0.05) is 43.5 Å². The van der Waals surface area contributed by atoms with Gasteiger partial charge in [0.15, 0.2) is 0 Å². The Morgan fingerprint density at radius 3 is 2.62 bits per heavy atom. The molecule has 3 heteroatoms. The number of benzene rings is 1. The first-order valence-electron chi connectivity index (χ1n) is 7.96. The quantitative estimate of drug-likeness (QED) is 0.729. The van der Waals surface area contributed by atoms with Gasteiger partial charge >= 0.3 is 5.97 Å². The smallest absolute Gasteiger partial charge is 0.307 e. The van der Waals surface area contributed by atoms with Gasteiger partial charge in [0.1, 0.15) is 0 Å². The molecule has 2 unspecified atom stereocenters. The van der Waals surface area contributed by atoms with E-state index in [1.165, 1.54) is 16.7 Å². The zero-order chi connectivity index (χ0) is 15.8. The number of carboxylic acids is 1. The molecule has 0 fully saturated rings. The molecule has 2 atom stereocenters. The molecular formula is C18H29NO2. The second kappa shape index (κ2) is 8.83. The number of nitrogens with two attached hydrogens (primary N) is 1. The maximum atomic E-state index is 11.1. The molecule has 3 N–H and O–H groups in total. The van der Waals surface area contributed by atoms with E-state index in [-0.39, 0.29) is 6.54 Å². The van der Waals surface area contributed by atoms with Crippen LogP contribution >= 0.6 is 0 Å². The minimum atomic E-state index is -0.759. The molecule has 0 radical (unpaired) electrons. The van der Waals surface area contributed by atoms with Crippen molar-refractivity contribution in [2.45, 2.75) is 52.9 Å². The zero-order valence-corrected chi connectivity index (χ0v) is 13.6. The highest BCUT2D eigenvalue weighted by Crippen LogP contribution is 2.23. The highest BCUT2D eigenvalue weighted by molar-refractivity contribution is 5.70. The van der Waals surface area contributed by atoms with Crippen molar-refractivity contribution in [2.75, 3.05) is 6.54 Å². The van der Waals surface area contributed by atoms with Crippen LogP contribution in [-0.2, 0) is 11.2 Å². The first kappa shape index (κ1) is 17.7. The lowest BCUT2D eigenvalue weighted by Gasteiger charge is -2.19. The van der Waals surface area contributed by atoms with Crippen LogP contribution in [0.1, 0.15) is 49.3 Å². The molecule has 21 heavy (non-hydrogen) atoms. The molecule has 0 spiro atoms. The number of aliphatic carboxylic acids is 1. The summed E-state index contributed by atoms with van der Waals surface area (Å²) in [5.41, 5.74) is 9.62. The Bertz CT molecular complexity index is 457. The molecule has 0 aliphatic heterocycles. The molecule has 0 saturated heterocycles. The SMILES string of the molecule is CCC(CCCc1cc(C)ccc1C)CC(CN)C(=O)O. The number of hydrogen-bond donors (Lipinski definition) is 2. The minimum absolute atomic E-state index is 0.239. The van der Waals surface area contributed by atoms with E-state index in [0.29, 0.717) is 12.3 Å². The maximum Gasteiger partial charge on any atom is 0.307 e. The molecule has 0 aliphatic carbocycles. The predicted molar refractivity (Wildman–Crippen MR) is 87.4 cm³/mol. The van der Waals surface area contributed by atoms with Crippen LogP contribution in [0.25, 0.3) is 0 Å². The normalized spacial score (nSPS) is 13.9. The monoisotopic (exact) mass is 291 g/mol. The number of aryl methyl sites for hydroxylation is 3. The van der Waals surface area contributed by atoms with Gasteiger partial charge in [-0.05, 0) is 50.2 Å².